The number of hydrogen-bond acceptors (Lipinski definition) is 4. The van der Waals surface area contributed by atoms with Gasteiger partial charge in [-0.3, -0.25) is 4.98 Å². The largest absolute Gasteiger partial charge is 0.326 e. The molecule has 1 saturated carbocycles. The number of rotatable bonds is 8. The minimum atomic E-state index is -0.130. The van der Waals surface area contributed by atoms with Crippen LogP contribution in [-0.2, 0) is 11.4 Å². The molecule has 1 fully saturated rings. The van der Waals surface area contributed by atoms with Crippen molar-refractivity contribution < 1.29 is 4.84 Å². The van der Waals surface area contributed by atoms with E-state index in [0.717, 1.165) is 38.3 Å². The quantitative estimate of drug-likeness (QED) is 0.438. The molecular weight excluding hydrogens is 298 g/mol. The lowest BCUT2D eigenvalue weighted by Gasteiger charge is -2.16. The molecule has 0 aromatic carbocycles. The standard InChI is InChI=1S/C16H27N3O2S/c1-12-10-13(2)14(11-12)18-21-9-5-3-4-7-19-8-6-15(22)17-16(19)20/h6,8,12-14,18H,3-5,7,9-11H2,1-2H3,(H,17,20,22). The maximum Gasteiger partial charge on any atom is 0.326 e. The molecule has 3 atom stereocenters. The third-order valence-electron chi connectivity index (χ3n) is 4.39. The zero-order chi connectivity index (χ0) is 15.9. The molecule has 6 heteroatoms. The Kier molecular flexibility index (Phi) is 6.79. The lowest BCUT2D eigenvalue weighted by Crippen LogP contribution is -2.31. The van der Waals surface area contributed by atoms with Crippen LogP contribution in [0.4, 0.5) is 0 Å². The molecule has 3 unspecified atom stereocenters. The van der Waals surface area contributed by atoms with Crippen molar-refractivity contribution in [1.29, 1.82) is 0 Å². The van der Waals surface area contributed by atoms with E-state index in [1.807, 2.05) is 0 Å². The molecule has 124 valence electrons. The van der Waals surface area contributed by atoms with Crippen LogP contribution in [0.25, 0.3) is 0 Å². The number of unbranched alkanes of at least 4 members (excludes halogenated alkanes) is 2. The van der Waals surface area contributed by atoms with Gasteiger partial charge in [-0.15, -0.1) is 0 Å². The van der Waals surface area contributed by atoms with Crippen LogP contribution in [0.15, 0.2) is 17.1 Å². The minimum absolute atomic E-state index is 0.130. The highest BCUT2D eigenvalue weighted by Crippen LogP contribution is 2.30. The molecule has 0 saturated heterocycles. The summed E-state index contributed by atoms with van der Waals surface area (Å²) >= 11 is 4.91. The van der Waals surface area contributed by atoms with Crippen molar-refractivity contribution in [1.82, 2.24) is 15.0 Å². The maximum absolute atomic E-state index is 11.6. The van der Waals surface area contributed by atoms with E-state index in [9.17, 15) is 4.79 Å². The van der Waals surface area contributed by atoms with Crippen LogP contribution in [0.1, 0.15) is 46.0 Å². The lowest BCUT2D eigenvalue weighted by atomic mass is 10.1. The van der Waals surface area contributed by atoms with Crippen LogP contribution in [-0.4, -0.2) is 22.2 Å². The molecule has 0 spiro atoms. The Morgan fingerprint density at radius 1 is 1.36 bits per heavy atom. The zero-order valence-electron chi connectivity index (χ0n) is 13.5. The Bertz CT molecular complexity index is 569. The summed E-state index contributed by atoms with van der Waals surface area (Å²) in [6, 6.07) is 2.24. The lowest BCUT2D eigenvalue weighted by molar-refractivity contribution is 0.00605. The Morgan fingerprint density at radius 3 is 2.86 bits per heavy atom. The van der Waals surface area contributed by atoms with Gasteiger partial charge < -0.3 is 9.40 Å². The van der Waals surface area contributed by atoms with E-state index in [1.54, 1.807) is 16.8 Å². The Balaban J connectivity index is 1.54. The fraction of sp³-hybridized carbons (Fsp3) is 0.750. The van der Waals surface area contributed by atoms with Crippen molar-refractivity contribution >= 4 is 12.2 Å². The van der Waals surface area contributed by atoms with E-state index >= 15 is 0 Å². The van der Waals surface area contributed by atoms with Crippen LogP contribution in [0.2, 0.25) is 0 Å². The van der Waals surface area contributed by atoms with Crippen molar-refractivity contribution in [2.75, 3.05) is 6.61 Å². The topological polar surface area (TPSA) is 59.0 Å². The molecular formula is C16H27N3O2S. The van der Waals surface area contributed by atoms with Gasteiger partial charge in [-0.05, 0) is 50.0 Å². The van der Waals surface area contributed by atoms with Crippen LogP contribution < -0.4 is 11.2 Å². The number of H-pyrrole nitrogens is 1. The van der Waals surface area contributed by atoms with E-state index in [1.165, 1.54) is 12.8 Å². The first-order valence-electron chi connectivity index (χ1n) is 8.23. The van der Waals surface area contributed by atoms with Crippen molar-refractivity contribution in [2.24, 2.45) is 11.8 Å². The zero-order valence-corrected chi connectivity index (χ0v) is 14.3. The molecule has 22 heavy (non-hydrogen) atoms. The number of aromatic amines is 1. The molecule has 1 aromatic rings. The molecule has 1 aromatic heterocycles. The third kappa shape index (κ3) is 5.34. The van der Waals surface area contributed by atoms with Crippen LogP contribution in [0, 0.1) is 16.5 Å². The third-order valence-corrected chi connectivity index (χ3v) is 4.63. The molecule has 2 N–H and O–H groups in total. The Hall–Kier alpha value is -0.980. The maximum atomic E-state index is 11.6. The highest BCUT2D eigenvalue weighted by atomic mass is 32.1. The number of hydroxylamine groups is 1. The van der Waals surface area contributed by atoms with E-state index in [2.05, 4.69) is 24.3 Å². The molecule has 0 bridgehead atoms. The van der Waals surface area contributed by atoms with Crippen LogP contribution in [0.5, 0.6) is 0 Å². The summed E-state index contributed by atoms with van der Waals surface area (Å²) in [4.78, 5) is 19.8. The number of aromatic nitrogens is 2. The van der Waals surface area contributed by atoms with Gasteiger partial charge in [0.15, 0.2) is 0 Å². The van der Waals surface area contributed by atoms with Crippen LogP contribution in [0.3, 0.4) is 0 Å². The fourth-order valence-electron chi connectivity index (χ4n) is 3.14. The van der Waals surface area contributed by atoms with Gasteiger partial charge >= 0.3 is 5.69 Å². The molecule has 1 aliphatic carbocycles. The highest BCUT2D eigenvalue weighted by molar-refractivity contribution is 7.71. The number of hydrogen-bond donors (Lipinski definition) is 2. The van der Waals surface area contributed by atoms with Gasteiger partial charge in [0.1, 0.15) is 4.64 Å². The smallest absolute Gasteiger partial charge is 0.302 e. The number of nitrogens with one attached hydrogen (secondary N) is 2. The molecule has 0 amide bonds. The second kappa shape index (κ2) is 8.60. The molecule has 2 rings (SSSR count). The molecule has 0 aliphatic heterocycles. The Morgan fingerprint density at radius 2 is 2.18 bits per heavy atom. The van der Waals surface area contributed by atoms with E-state index in [-0.39, 0.29) is 5.69 Å². The molecule has 5 nitrogen and oxygen atoms in total. The highest BCUT2D eigenvalue weighted by Gasteiger charge is 2.28. The monoisotopic (exact) mass is 325 g/mol. The second-order valence-electron chi connectivity index (χ2n) is 6.49. The van der Waals surface area contributed by atoms with Gasteiger partial charge in [-0.25, -0.2) is 4.79 Å². The van der Waals surface area contributed by atoms with E-state index < -0.39 is 0 Å². The Labute approximate surface area is 137 Å². The predicted molar refractivity (Wildman–Crippen MR) is 90.2 cm³/mol. The second-order valence-corrected chi connectivity index (χ2v) is 6.93. The molecule has 1 aliphatic rings. The van der Waals surface area contributed by atoms with Gasteiger partial charge in [-0.1, -0.05) is 26.1 Å². The van der Waals surface area contributed by atoms with Crippen molar-refractivity contribution in [2.45, 2.75) is 58.5 Å². The first-order valence-corrected chi connectivity index (χ1v) is 8.64. The molecule has 1 heterocycles. The summed E-state index contributed by atoms with van der Waals surface area (Å²) in [6.07, 6.45) is 7.25. The SMILES string of the molecule is CC1CC(C)C(NOCCCCCn2ccc(=S)[nH]c2=O)C1. The van der Waals surface area contributed by atoms with E-state index in [4.69, 9.17) is 17.1 Å². The average Bonchev–Trinajstić information content (AvgIpc) is 2.78. The first-order chi connectivity index (χ1) is 10.6. The van der Waals surface area contributed by atoms with Crippen molar-refractivity contribution in [3.05, 3.63) is 27.4 Å². The van der Waals surface area contributed by atoms with Gasteiger partial charge in [0, 0.05) is 18.8 Å². The summed E-state index contributed by atoms with van der Waals surface area (Å²) in [6.45, 7) is 6.03. The number of aryl methyl sites for hydroxylation is 1. The number of nitrogens with zero attached hydrogens (tertiary/aromatic N) is 1. The molecule has 0 radical (unpaired) electrons. The van der Waals surface area contributed by atoms with Gasteiger partial charge in [0.2, 0.25) is 0 Å². The normalized spacial score (nSPS) is 24.7. The summed E-state index contributed by atoms with van der Waals surface area (Å²) in [7, 11) is 0. The van der Waals surface area contributed by atoms with E-state index in [0.29, 0.717) is 16.6 Å². The first kappa shape index (κ1) is 17.4. The fourth-order valence-corrected chi connectivity index (χ4v) is 3.29. The van der Waals surface area contributed by atoms with Crippen LogP contribution >= 0.6 is 12.2 Å². The summed E-state index contributed by atoms with van der Waals surface area (Å²) in [5, 5.41) is 0. The van der Waals surface area contributed by atoms with Crippen molar-refractivity contribution in [3.8, 4) is 0 Å². The predicted octanol–water partition coefficient (Wildman–Crippen LogP) is 3.03. The summed E-state index contributed by atoms with van der Waals surface area (Å²) < 4.78 is 2.15. The summed E-state index contributed by atoms with van der Waals surface area (Å²) in [5.41, 5.74) is 3.08. The average molecular weight is 325 g/mol. The minimum Gasteiger partial charge on any atom is -0.302 e. The van der Waals surface area contributed by atoms with Gasteiger partial charge in [-0.2, -0.15) is 5.48 Å². The van der Waals surface area contributed by atoms with Crippen molar-refractivity contribution in [3.63, 3.8) is 0 Å². The van der Waals surface area contributed by atoms with Gasteiger partial charge in [0.05, 0.1) is 6.61 Å². The summed E-state index contributed by atoms with van der Waals surface area (Å²) in [5.74, 6) is 1.50. The van der Waals surface area contributed by atoms with Gasteiger partial charge in [0.25, 0.3) is 0 Å².